The van der Waals surface area contributed by atoms with Gasteiger partial charge in [0, 0.05) is 13.0 Å². The Morgan fingerprint density at radius 2 is 2.27 bits per heavy atom. The molecule has 1 fully saturated rings. The van der Waals surface area contributed by atoms with Crippen LogP contribution >= 0.6 is 0 Å². The molecule has 0 radical (unpaired) electrons. The van der Waals surface area contributed by atoms with Gasteiger partial charge in [0.25, 0.3) is 5.92 Å². The Bertz CT molecular complexity index is 130. The molecule has 11 heavy (non-hydrogen) atoms. The van der Waals surface area contributed by atoms with Crippen LogP contribution in [0.4, 0.5) is 8.78 Å². The maximum atomic E-state index is 12.9. The van der Waals surface area contributed by atoms with Crippen molar-refractivity contribution in [3.05, 3.63) is 0 Å². The van der Waals surface area contributed by atoms with Crippen LogP contribution in [-0.2, 0) is 0 Å². The van der Waals surface area contributed by atoms with Gasteiger partial charge in [-0.2, -0.15) is 0 Å². The lowest BCUT2D eigenvalue weighted by Gasteiger charge is -2.21. The van der Waals surface area contributed by atoms with Gasteiger partial charge in [-0.1, -0.05) is 0 Å². The molecule has 0 bridgehead atoms. The van der Waals surface area contributed by atoms with E-state index in [4.69, 9.17) is 5.11 Å². The predicted molar refractivity (Wildman–Crippen MR) is 37.6 cm³/mol. The molecule has 0 amide bonds. The highest BCUT2D eigenvalue weighted by Gasteiger charge is 2.39. The quantitative estimate of drug-likeness (QED) is 0.596. The second kappa shape index (κ2) is 3.45. The number of hydrogen-bond donors (Lipinski definition) is 2. The average molecular weight is 165 g/mol. The van der Waals surface area contributed by atoms with Crippen molar-refractivity contribution in [2.75, 3.05) is 19.7 Å². The number of hydrogen-bond acceptors (Lipinski definition) is 2. The zero-order valence-corrected chi connectivity index (χ0v) is 6.32. The monoisotopic (exact) mass is 165 g/mol. The van der Waals surface area contributed by atoms with Crippen molar-refractivity contribution < 1.29 is 13.9 Å². The maximum absolute atomic E-state index is 12.9. The molecular formula is C7H13F2NO. The minimum Gasteiger partial charge on any atom is -0.396 e. The number of rotatable bonds is 1. The summed E-state index contributed by atoms with van der Waals surface area (Å²) in [5, 5.41) is 11.5. The number of aliphatic hydroxyl groups excluding tert-OH is 1. The molecule has 2 nitrogen and oxygen atoms in total. The summed E-state index contributed by atoms with van der Waals surface area (Å²) in [6.45, 7) is 0.426. The summed E-state index contributed by atoms with van der Waals surface area (Å²) < 4.78 is 25.9. The Kier molecular flexibility index (Phi) is 2.78. The molecule has 0 aromatic carbocycles. The van der Waals surface area contributed by atoms with Gasteiger partial charge >= 0.3 is 0 Å². The molecule has 0 aromatic heterocycles. The van der Waals surface area contributed by atoms with Gasteiger partial charge in [-0.25, -0.2) is 8.78 Å². The second-order valence-electron chi connectivity index (χ2n) is 2.95. The van der Waals surface area contributed by atoms with E-state index in [-0.39, 0.29) is 13.0 Å². The van der Waals surface area contributed by atoms with Gasteiger partial charge in [-0.15, -0.1) is 0 Å². The van der Waals surface area contributed by atoms with Gasteiger partial charge in [0.15, 0.2) is 0 Å². The molecule has 1 unspecified atom stereocenters. The van der Waals surface area contributed by atoms with E-state index in [9.17, 15) is 8.78 Å². The molecule has 1 saturated heterocycles. The summed E-state index contributed by atoms with van der Waals surface area (Å²) in [7, 11) is 0. The summed E-state index contributed by atoms with van der Waals surface area (Å²) in [4.78, 5) is 0. The first-order valence-electron chi connectivity index (χ1n) is 3.86. The highest BCUT2D eigenvalue weighted by atomic mass is 19.3. The van der Waals surface area contributed by atoms with Gasteiger partial charge in [0.2, 0.25) is 0 Å². The molecule has 1 aliphatic rings. The third kappa shape index (κ3) is 2.10. The van der Waals surface area contributed by atoms with Crippen LogP contribution in [0.25, 0.3) is 0 Å². The molecule has 1 rings (SSSR count). The highest BCUT2D eigenvalue weighted by Crippen LogP contribution is 2.30. The molecule has 1 heterocycles. The molecule has 0 spiro atoms. The van der Waals surface area contributed by atoms with Crippen LogP contribution in [0.15, 0.2) is 0 Å². The molecule has 0 saturated carbocycles. The van der Waals surface area contributed by atoms with Crippen LogP contribution < -0.4 is 5.32 Å². The summed E-state index contributed by atoms with van der Waals surface area (Å²) in [6, 6.07) is 0. The van der Waals surface area contributed by atoms with E-state index in [2.05, 4.69) is 5.32 Å². The number of halogens is 2. The van der Waals surface area contributed by atoms with Gasteiger partial charge in [-0.05, 0) is 13.0 Å². The fourth-order valence-electron chi connectivity index (χ4n) is 1.28. The first-order valence-corrected chi connectivity index (χ1v) is 3.86. The molecular weight excluding hydrogens is 152 g/mol. The fourth-order valence-corrected chi connectivity index (χ4v) is 1.28. The molecule has 0 aliphatic carbocycles. The Labute approximate surface area is 64.6 Å². The standard InChI is InChI=1S/C7H13F2NO/c8-7(9)2-1-3-10-4-6(7)5-11/h6,10-11H,1-5H2. The molecule has 1 atom stereocenters. The van der Waals surface area contributed by atoms with Crippen LogP contribution in [0.1, 0.15) is 12.8 Å². The normalized spacial score (nSPS) is 31.4. The zero-order valence-electron chi connectivity index (χ0n) is 6.32. The van der Waals surface area contributed by atoms with Gasteiger partial charge in [0.1, 0.15) is 0 Å². The largest absolute Gasteiger partial charge is 0.396 e. The molecule has 2 N–H and O–H groups in total. The topological polar surface area (TPSA) is 32.3 Å². The van der Waals surface area contributed by atoms with Crippen molar-refractivity contribution in [3.63, 3.8) is 0 Å². The summed E-state index contributed by atoms with van der Waals surface area (Å²) in [6.07, 6.45) is 0.384. The second-order valence-corrected chi connectivity index (χ2v) is 2.95. The predicted octanol–water partition coefficient (Wildman–Crippen LogP) is 0.614. The van der Waals surface area contributed by atoms with Crippen molar-refractivity contribution in [3.8, 4) is 0 Å². The minimum atomic E-state index is -2.68. The van der Waals surface area contributed by atoms with E-state index < -0.39 is 18.4 Å². The van der Waals surface area contributed by atoms with Crippen molar-refractivity contribution >= 4 is 0 Å². The number of nitrogens with one attached hydrogen (secondary N) is 1. The minimum absolute atomic E-state index is 0.106. The van der Waals surface area contributed by atoms with E-state index in [0.717, 1.165) is 0 Å². The zero-order chi connectivity index (χ0) is 8.32. The molecule has 66 valence electrons. The van der Waals surface area contributed by atoms with Crippen LogP contribution in [0.3, 0.4) is 0 Å². The Morgan fingerprint density at radius 3 is 2.91 bits per heavy atom. The third-order valence-corrected chi connectivity index (χ3v) is 2.07. The van der Waals surface area contributed by atoms with Gasteiger partial charge in [-0.3, -0.25) is 0 Å². The molecule has 1 aliphatic heterocycles. The smallest absolute Gasteiger partial charge is 0.254 e. The lowest BCUT2D eigenvalue weighted by molar-refractivity contribution is -0.0753. The van der Waals surface area contributed by atoms with E-state index in [1.54, 1.807) is 0 Å². The van der Waals surface area contributed by atoms with Crippen LogP contribution in [0.5, 0.6) is 0 Å². The van der Waals surface area contributed by atoms with E-state index in [1.807, 2.05) is 0 Å². The Hall–Kier alpha value is -0.220. The maximum Gasteiger partial charge on any atom is 0.254 e. The third-order valence-electron chi connectivity index (χ3n) is 2.07. The number of alkyl halides is 2. The van der Waals surface area contributed by atoms with Gasteiger partial charge in [0.05, 0.1) is 12.5 Å². The first-order chi connectivity index (χ1) is 5.17. The SMILES string of the molecule is OCC1CNCCCC1(F)F. The van der Waals surface area contributed by atoms with Crippen LogP contribution in [0.2, 0.25) is 0 Å². The Morgan fingerprint density at radius 1 is 1.55 bits per heavy atom. The van der Waals surface area contributed by atoms with E-state index in [1.165, 1.54) is 0 Å². The van der Waals surface area contributed by atoms with Crippen molar-refractivity contribution in [1.82, 2.24) is 5.32 Å². The van der Waals surface area contributed by atoms with Crippen molar-refractivity contribution in [2.24, 2.45) is 5.92 Å². The molecule has 4 heteroatoms. The number of aliphatic hydroxyl groups is 1. The van der Waals surface area contributed by atoms with Crippen molar-refractivity contribution in [2.45, 2.75) is 18.8 Å². The lowest BCUT2D eigenvalue weighted by Crippen LogP contribution is -2.35. The van der Waals surface area contributed by atoms with E-state index >= 15 is 0 Å². The van der Waals surface area contributed by atoms with Gasteiger partial charge < -0.3 is 10.4 Å². The van der Waals surface area contributed by atoms with Crippen LogP contribution in [0, 0.1) is 5.92 Å². The Balaban J connectivity index is 2.56. The van der Waals surface area contributed by atoms with Crippen LogP contribution in [-0.4, -0.2) is 30.7 Å². The van der Waals surface area contributed by atoms with E-state index in [0.29, 0.717) is 13.0 Å². The lowest BCUT2D eigenvalue weighted by atomic mass is 10.00. The van der Waals surface area contributed by atoms with Crippen molar-refractivity contribution in [1.29, 1.82) is 0 Å². The summed E-state index contributed by atoms with van der Waals surface area (Å²) in [5.41, 5.74) is 0. The molecule has 0 aromatic rings. The summed E-state index contributed by atoms with van der Waals surface area (Å²) >= 11 is 0. The fraction of sp³-hybridized carbons (Fsp3) is 1.00. The average Bonchev–Trinajstić information content (AvgIpc) is 2.10. The first kappa shape index (κ1) is 8.87. The summed E-state index contributed by atoms with van der Waals surface area (Å²) in [5.74, 6) is -3.58. The highest BCUT2D eigenvalue weighted by molar-refractivity contribution is 4.81.